The Labute approximate surface area is 125 Å². The van der Waals surface area contributed by atoms with Crippen molar-refractivity contribution in [1.82, 2.24) is 10.2 Å². The van der Waals surface area contributed by atoms with Crippen molar-refractivity contribution in [2.75, 3.05) is 27.2 Å². The predicted molar refractivity (Wildman–Crippen MR) is 82.1 cm³/mol. The van der Waals surface area contributed by atoms with E-state index in [2.05, 4.69) is 24.1 Å². The summed E-state index contributed by atoms with van der Waals surface area (Å²) in [5, 5.41) is 13.8. The maximum atomic E-state index is 12.0. The van der Waals surface area contributed by atoms with Crippen LogP contribution in [0, 0.1) is 15.5 Å². The largest absolute Gasteiger partial charge is 0.355 e. The Kier molecular flexibility index (Phi) is 5.84. The number of carbonyl (C=O) groups is 1. The fraction of sp³-hybridized carbons (Fsp3) is 0.533. The van der Waals surface area contributed by atoms with Crippen LogP contribution >= 0.6 is 0 Å². The highest BCUT2D eigenvalue weighted by molar-refractivity contribution is 5.79. The summed E-state index contributed by atoms with van der Waals surface area (Å²) in [7, 11) is 3.97. The van der Waals surface area contributed by atoms with Gasteiger partial charge in [-0.25, -0.2) is 0 Å². The molecule has 0 aromatic heterocycles. The number of para-hydroxylation sites is 1. The van der Waals surface area contributed by atoms with Crippen LogP contribution in [0.25, 0.3) is 0 Å². The number of carbonyl (C=O) groups excluding carboxylic acids is 1. The molecule has 21 heavy (non-hydrogen) atoms. The maximum Gasteiger partial charge on any atom is 0.273 e. The normalized spacial score (nSPS) is 11.5. The molecule has 6 heteroatoms. The number of nitro benzene ring substituents is 1. The third-order valence-electron chi connectivity index (χ3n) is 3.05. The lowest BCUT2D eigenvalue weighted by molar-refractivity contribution is -0.385. The molecule has 0 radical (unpaired) electrons. The Hall–Kier alpha value is -1.95. The van der Waals surface area contributed by atoms with Crippen molar-refractivity contribution in [3.05, 3.63) is 39.9 Å². The molecule has 0 atom stereocenters. The molecule has 6 nitrogen and oxygen atoms in total. The molecule has 1 amide bonds. The van der Waals surface area contributed by atoms with E-state index in [4.69, 9.17) is 0 Å². The van der Waals surface area contributed by atoms with Gasteiger partial charge in [-0.2, -0.15) is 0 Å². The van der Waals surface area contributed by atoms with Crippen LogP contribution in [0.15, 0.2) is 24.3 Å². The molecule has 0 fully saturated rings. The number of benzene rings is 1. The lowest BCUT2D eigenvalue weighted by Crippen LogP contribution is -2.40. The van der Waals surface area contributed by atoms with Crippen LogP contribution in [0.3, 0.4) is 0 Å². The summed E-state index contributed by atoms with van der Waals surface area (Å²) in [4.78, 5) is 24.5. The highest BCUT2D eigenvalue weighted by atomic mass is 16.6. The molecule has 1 N–H and O–H groups in total. The molecule has 1 aromatic carbocycles. The Bertz CT molecular complexity index is 513. The molecule has 0 saturated carbocycles. The van der Waals surface area contributed by atoms with Crippen LogP contribution in [-0.4, -0.2) is 42.9 Å². The number of nitro groups is 1. The Balaban J connectivity index is 2.61. The first-order chi connectivity index (χ1) is 9.71. The maximum absolute atomic E-state index is 12.0. The topological polar surface area (TPSA) is 75.5 Å². The van der Waals surface area contributed by atoms with E-state index >= 15 is 0 Å². The van der Waals surface area contributed by atoms with E-state index in [9.17, 15) is 14.9 Å². The van der Waals surface area contributed by atoms with Gasteiger partial charge in [0, 0.05) is 24.7 Å². The minimum atomic E-state index is -0.460. The van der Waals surface area contributed by atoms with E-state index in [-0.39, 0.29) is 23.4 Å². The molecule has 0 heterocycles. The van der Waals surface area contributed by atoms with Gasteiger partial charge in [-0.1, -0.05) is 32.0 Å². The molecule has 0 saturated heterocycles. The number of hydrogen-bond acceptors (Lipinski definition) is 4. The van der Waals surface area contributed by atoms with Crippen LogP contribution in [-0.2, 0) is 11.2 Å². The van der Waals surface area contributed by atoms with E-state index in [0.29, 0.717) is 12.1 Å². The van der Waals surface area contributed by atoms with Crippen molar-refractivity contribution >= 4 is 11.6 Å². The van der Waals surface area contributed by atoms with Crippen molar-refractivity contribution in [1.29, 1.82) is 0 Å². The monoisotopic (exact) mass is 293 g/mol. The standard InChI is InChI=1S/C15H23N3O3/c1-15(2,11-17(3)4)10-16-14(19)9-12-7-5-6-8-13(12)18(20)21/h5-8H,9-11H2,1-4H3,(H,16,19). The van der Waals surface area contributed by atoms with Crippen LogP contribution < -0.4 is 5.32 Å². The molecule has 0 aliphatic heterocycles. The smallest absolute Gasteiger partial charge is 0.273 e. The number of nitrogens with one attached hydrogen (secondary N) is 1. The lowest BCUT2D eigenvalue weighted by Gasteiger charge is -2.28. The second kappa shape index (κ2) is 7.17. The van der Waals surface area contributed by atoms with Gasteiger partial charge in [0.15, 0.2) is 0 Å². The predicted octanol–water partition coefficient (Wildman–Crippen LogP) is 1.84. The van der Waals surface area contributed by atoms with Gasteiger partial charge >= 0.3 is 0 Å². The molecule has 0 bridgehead atoms. The van der Waals surface area contributed by atoms with Crippen molar-refractivity contribution < 1.29 is 9.72 Å². The quantitative estimate of drug-likeness (QED) is 0.615. The highest BCUT2D eigenvalue weighted by Crippen LogP contribution is 2.18. The molecule has 116 valence electrons. The van der Waals surface area contributed by atoms with Crippen molar-refractivity contribution in [3.8, 4) is 0 Å². The minimum absolute atomic E-state index is 0.0137. The molecule has 0 spiro atoms. The first-order valence-electron chi connectivity index (χ1n) is 6.85. The average molecular weight is 293 g/mol. The summed E-state index contributed by atoms with van der Waals surface area (Å²) in [5.41, 5.74) is 0.368. The van der Waals surface area contributed by atoms with Crippen molar-refractivity contribution in [3.63, 3.8) is 0 Å². The highest BCUT2D eigenvalue weighted by Gasteiger charge is 2.21. The van der Waals surface area contributed by atoms with Gasteiger partial charge in [-0.15, -0.1) is 0 Å². The van der Waals surface area contributed by atoms with Crippen LogP contribution in [0.1, 0.15) is 19.4 Å². The van der Waals surface area contributed by atoms with E-state index in [0.717, 1.165) is 6.54 Å². The number of hydrogen-bond donors (Lipinski definition) is 1. The summed E-state index contributed by atoms with van der Waals surface area (Å²) >= 11 is 0. The van der Waals surface area contributed by atoms with Crippen molar-refractivity contribution in [2.45, 2.75) is 20.3 Å². The summed E-state index contributed by atoms with van der Waals surface area (Å²) < 4.78 is 0. The zero-order chi connectivity index (χ0) is 16.0. The average Bonchev–Trinajstić information content (AvgIpc) is 2.35. The van der Waals surface area contributed by atoms with Crippen LogP contribution in [0.5, 0.6) is 0 Å². The van der Waals surface area contributed by atoms with Gasteiger partial charge in [-0.3, -0.25) is 14.9 Å². The number of amides is 1. The lowest BCUT2D eigenvalue weighted by atomic mass is 9.93. The van der Waals surface area contributed by atoms with Crippen molar-refractivity contribution in [2.24, 2.45) is 5.41 Å². The van der Waals surface area contributed by atoms with Crippen LogP contribution in [0.4, 0.5) is 5.69 Å². The Morgan fingerprint density at radius 1 is 1.33 bits per heavy atom. The zero-order valence-corrected chi connectivity index (χ0v) is 13.0. The fourth-order valence-electron chi connectivity index (χ4n) is 2.32. The number of nitrogens with zero attached hydrogens (tertiary/aromatic N) is 2. The van der Waals surface area contributed by atoms with Gasteiger partial charge < -0.3 is 10.2 Å². The summed E-state index contributed by atoms with van der Waals surface area (Å²) in [6, 6.07) is 6.33. The molecule has 0 aliphatic carbocycles. The van der Waals surface area contributed by atoms with Gasteiger partial charge in [-0.05, 0) is 19.5 Å². The van der Waals surface area contributed by atoms with Gasteiger partial charge in [0.05, 0.1) is 11.3 Å². The molecule has 1 aromatic rings. The van der Waals surface area contributed by atoms with Gasteiger partial charge in [0.1, 0.15) is 0 Å². The van der Waals surface area contributed by atoms with E-state index in [1.807, 2.05) is 14.1 Å². The van der Waals surface area contributed by atoms with E-state index < -0.39 is 4.92 Å². The van der Waals surface area contributed by atoms with Crippen LogP contribution in [0.2, 0.25) is 0 Å². The second-order valence-corrected chi connectivity index (χ2v) is 6.24. The van der Waals surface area contributed by atoms with Gasteiger partial charge in [0.2, 0.25) is 5.91 Å². The molecular formula is C15H23N3O3. The molecular weight excluding hydrogens is 270 g/mol. The molecule has 0 aliphatic rings. The first-order valence-corrected chi connectivity index (χ1v) is 6.85. The summed E-state index contributed by atoms with van der Waals surface area (Å²) in [6.07, 6.45) is 0.0230. The SMILES string of the molecule is CN(C)CC(C)(C)CNC(=O)Cc1ccccc1[N+](=O)[O-]. The molecule has 1 rings (SSSR count). The minimum Gasteiger partial charge on any atom is -0.355 e. The third kappa shape index (κ3) is 5.91. The Morgan fingerprint density at radius 3 is 2.52 bits per heavy atom. The molecule has 0 unspecified atom stereocenters. The van der Waals surface area contributed by atoms with Gasteiger partial charge in [0.25, 0.3) is 5.69 Å². The fourth-order valence-corrected chi connectivity index (χ4v) is 2.32. The zero-order valence-electron chi connectivity index (χ0n) is 13.0. The Morgan fingerprint density at radius 2 is 1.95 bits per heavy atom. The van der Waals surface area contributed by atoms with E-state index in [1.54, 1.807) is 18.2 Å². The summed E-state index contributed by atoms with van der Waals surface area (Å²) in [5.74, 6) is -0.198. The third-order valence-corrected chi connectivity index (χ3v) is 3.05. The number of rotatable bonds is 7. The summed E-state index contributed by atoms with van der Waals surface area (Å²) in [6.45, 7) is 5.51. The first kappa shape index (κ1) is 17.1. The van der Waals surface area contributed by atoms with E-state index in [1.165, 1.54) is 6.07 Å². The second-order valence-electron chi connectivity index (χ2n) is 6.24.